The predicted molar refractivity (Wildman–Crippen MR) is 64.2 cm³/mol. The lowest BCUT2D eigenvalue weighted by molar-refractivity contribution is 0.0935. The van der Waals surface area contributed by atoms with Gasteiger partial charge >= 0.3 is 0 Å². The topological polar surface area (TPSA) is 18.5 Å². The molecule has 2 aliphatic heterocycles. The summed E-state index contributed by atoms with van der Waals surface area (Å²) in [5.41, 5.74) is 0. The first-order chi connectivity index (χ1) is 7.40. The van der Waals surface area contributed by atoms with Crippen LogP contribution < -0.4 is 5.32 Å². The van der Waals surface area contributed by atoms with Crippen molar-refractivity contribution < 1.29 is 0 Å². The van der Waals surface area contributed by atoms with Gasteiger partial charge in [-0.1, -0.05) is 6.92 Å². The van der Waals surface area contributed by atoms with Crippen molar-refractivity contribution >= 4 is 0 Å². The molecule has 0 amide bonds. The van der Waals surface area contributed by atoms with Crippen LogP contribution in [0, 0.1) is 0 Å². The molecule has 0 aromatic carbocycles. The summed E-state index contributed by atoms with van der Waals surface area (Å²) in [5.74, 6) is 0. The molecule has 0 aliphatic carbocycles. The predicted octanol–water partition coefficient (Wildman–Crippen LogP) is 0.766. The summed E-state index contributed by atoms with van der Waals surface area (Å²) in [4.78, 5) is 5.28. The monoisotopic (exact) mass is 211 g/mol. The van der Waals surface area contributed by atoms with Crippen LogP contribution in [0.2, 0.25) is 0 Å². The molecule has 2 aliphatic rings. The third-order valence-corrected chi connectivity index (χ3v) is 3.92. The number of nitrogens with zero attached hydrogens (tertiary/aromatic N) is 2. The molecule has 0 aromatic heterocycles. The number of nitrogens with one attached hydrogen (secondary N) is 1. The Balaban J connectivity index is 1.78. The van der Waals surface area contributed by atoms with E-state index in [1.165, 1.54) is 65.1 Å². The highest BCUT2D eigenvalue weighted by atomic mass is 15.3. The summed E-state index contributed by atoms with van der Waals surface area (Å²) >= 11 is 0. The maximum Gasteiger partial charge on any atom is 0.0113 e. The van der Waals surface area contributed by atoms with Gasteiger partial charge in [-0.2, -0.15) is 0 Å². The van der Waals surface area contributed by atoms with Crippen molar-refractivity contribution in [2.24, 2.45) is 0 Å². The van der Waals surface area contributed by atoms with Crippen LogP contribution >= 0.6 is 0 Å². The van der Waals surface area contributed by atoms with E-state index in [4.69, 9.17) is 0 Å². The third-order valence-electron chi connectivity index (χ3n) is 3.92. The molecule has 3 nitrogen and oxygen atoms in total. The van der Waals surface area contributed by atoms with Gasteiger partial charge in [0, 0.05) is 32.2 Å². The van der Waals surface area contributed by atoms with E-state index in [1.54, 1.807) is 0 Å². The van der Waals surface area contributed by atoms with Crippen LogP contribution in [0.15, 0.2) is 0 Å². The maximum absolute atomic E-state index is 3.50. The van der Waals surface area contributed by atoms with Gasteiger partial charge in [-0.3, -0.25) is 4.90 Å². The van der Waals surface area contributed by atoms with Crippen molar-refractivity contribution in [1.82, 2.24) is 15.1 Å². The molecule has 0 bridgehead atoms. The lowest BCUT2D eigenvalue weighted by Crippen LogP contribution is -2.50. The van der Waals surface area contributed by atoms with Crippen molar-refractivity contribution in [3.05, 3.63) is 0 Å². The Bertz CT molecular complexity index is 168. The zero-order valence-corrected chi connectivity index (χ0v) is 10.0. The van der Waals surface area contributed by atoms with E-state index in [9.17, 15) is 0 Å². The lowest BCUT2D eigenvalue weighted by Gasteiger charge is -2.38. The SMILES string of the molecule is CCN1CCN(C2CCCNCC2)CC1. The smallest absolute Gasteiger partial charge is 0.0113 e. The average molecular weight is 211 g/mol. The fourth-order valence-electron chi connectivity index (χ4n) is 2.81. The van der Waals surface area contributed by atoms with E-state index in [1.807, 2.05) is 0 Å². The number of likely N-dealkylation sites (N-methyl/N-ethyl adjacent to an activating group) is 1. The van der Waals surface area contributed by atoms with Crippen molar-refractivity contribution in [3.8, 4) is 0 Å². The molecule has 0 saturated carbocycles. The molecule has 0 radical (unpaired) electrons. The normalized spacial score (nSPS) is 31.4. The number of hydrogen-bond acceptors (Lipinski definition) is 3. The highest BCUT2D eigenvalue weighted by Crippen LogP contribution is 2.15. The average Bonchev–Trinajstić information content (AvgIpc) is 2.58. The second-order valence-electron chi connectivity index (χ2n) is 4.80. The van der Waals surface area contributed by atoms with E-state index in [0.717, 1.165) is 6.04 Å². The molecule has 1 N–H and O–H groups in total. The van der Waals surface area contributed by atoms with Gasteiger partial charge in [0.05, 0.1) is 0 Å². The molecule has 1 unspecified atom stereocenters. The molecule has 2 heterocycles. The minimum absolute atomic E-state index is 0.860. The van der Waals surface area contributed by atoms with Crippen molar-refractivity contribution in [3.63, 3.8) is 0 Å². The first-order valence-electron chi connectivity index (χ1n) is 6.57. The summed E-state index contributed by atoms with van der Waals surface area (Å²) < 4.78 is 0. The first kappa shape index (κ1) is 11.4. The summed E-state index contributed by atoms with van der Waals surface area (Å²) in [7, 11) is 0. The van der Waals surface area contributed by atoms with Gasteiger partial charge in [-0.05, 0) is 38.9 Å². The highest BCUT2D eigenvalue weighted by molar-refractivity contribution is 4.80. The van der Waals surface area contributed by atoms with Crippen LogP contribution in [-0.4, -0.2) is 61.7 Å². The van der Waals surface area contributed by atoms with Gasteiger partial charge in [0.2, 0.25) is 0 Å². The summed E-state index contributed by atoms with van der Waals surface area (Å²) in [5, 5.41) is 3.50. The number of hydrogen-bond donors (Lipinski definition) is 1. The first-order valence-corrected chi connectivity index (χ1v) is 6.57. The molecule has 2 rings (SSSR count). The molecule has 88 valence electrons. The van der Waals surface area contributed by atoms with Gasteiger partial charge in [-0.25, -0.2) is 0 Å². The van der Waals surface area contributed by atoms with Gasteiger partial charge < -0.3 is 10.2 Å². The number of rotatable bonds is 2. The Morgan fingerprint density at radius 3 is 2.60 bits per heavy atom. The summed E-state index contributed by atoms with van der Waals surface area (Å²) in [6.07, 6.45) is 4.11. The number of piperazine rings is 1. The van der Waals surface area contributed by atoms with E-state index in [0.29, 0.717) is 0 Å². The maximum atomic E-state index is 3.50. The second-order valence-corrected chi connectivity index (χ2v) is 4.80. The Morgan fingerprint density at radius 1 is 1.07 bits per heavy atom. The molecule has 0 spiro atoms. The van der Waals surface area contributed by atoms with E-state index >= 15 is 0 Å². The van der Waals surface area contributed by atoms with Gasteiger partial charge in [0.15, 0.2) is 0 Å². The Hall–Kier alpha value is -0.120. The highest BCUT2D eigenvalue weighted by Gasteiger charge is 2.23. The van der Waals surface area contributed by atoms with Gasteiger partial charge in [0.25, 0.3) is 0 Å². The Labute approximate surface area is 93.8 Å². The van der Waals surface area contributed by atoms with Crippen LogP contribution in [0.5, 0.6) is 0 Å². The molecular formula is C12H25N3. The third kappa shape index (κ3) is 3.16. The fourth-order valence-corrected chi connectivity index (χ4v) is 2.81. The van der Waals surface area contributed by atoms with E-state index in [-0.39, 0.29) is 0 Å². The molecule has 2 fully saturated rings. The van der Waals surface area contributed by atoms with Crippen molar-refractivity contribution in [2.45, 2.75) is 32.2 Å². The summed E-state index contributed by atoms with van der Waals surface area (Å²) in [6, 6.07) is 0.860. The van der Waals surface area contributed by atoms with Crippen LogP contribution in [0.1, 0.15) is 26.2 Å². The quantitative estimate of drug-likeness (QED) is 0.728. The Morgan fingerprint density at radius 2 is 1.87 bits per heavy atom. The van der Waals surface area contributed by atoms with Crippen LogP contribution in [-0.2, 0) is 0 Å². The molecule has 3 heteroatoms. The fraction of sp³-hybridized carbons (Fsp3) is 1.00. The van der Waals surface area contributed by atoms with Crippen LogP contribution in [0.25, 0.3) is 0 Å². The van der Waals surface area contributed by atoms with Crippen LogP contribution in [0.3, 0.4) is 0 Å². The van der Waals surface area contributed by atoms with E-state index in [2.05, 4.69) is 22.0 Å². The van der Waals surface area contributed by atoms with E-state index < -0.39 is 0 Å². The minimum atomic E-state index is 0.860. The molecule has 2 saturated heterocycles. The zero-order chi connectivity index (χ0) is 10.5. The van der Waals surface area contributed by atoms with Crippen LogP contribution in [0.4, 0.5) is 0 Å². The molecule has 15 heavy (non-hydrogen) atoms. The zero-order valence-electron chi connectivity index (χ0n) is 10.0. The van der Waals surface area contributed by atoms with Gasteiger partial charge in [-0.15, -0.1) is 0 Å². The minimum Gasteiger partial charge on any atom is -0.317 e. The standard InChI is InChI=1S/C12H25N3/c1-2-14-8-10-15(11-9-14)12-4-3-6-13-7-5-12/h12-13H,2-11H2,1H3. The second kappa shape index (κ2) is 5.83. The molecular weight excluding hydrogens is 186 g/mol. The Kier molecular flexibility index (Phi) is 4.42. The molecule has 1 atom stereocenters. The van der Waals surface area contributed by atoms with Gasteiger partial charge in [0.1, 0.15) is 0 Å². The largest absolute Gasteiger partial charge is 0.317 e. The van der Waals surface area contributed by atoms with Crippen molar-refractivity contribution in [2.75, 3.05) is 45.8 Å². The lowest BCUT2D eigenvalue weighted by atomic mass is 10.1. The van der Waals surface area contributed by atoms with Crippen molar-refractivity contribution in [1.29, 1.82) is 0 Å². The summed E-state index contributed by atoms with van der Waals surface area (Å²) in [6.45, 7) is 11.1. The molecule has 0 aromatic rings.